The number of hydrogen-bond donors (Lipinski definition) is 1. The number of nitrogens with one attached hydrogen (secondary N) is 1. The summed E-state index contributed by atoms with van der Waals surface area (Å²) in [6.07, 6.45) is 1.17. The predicted molar refractivity (Wildman–Crippen MR) is 77.2 cm³/mol. The molecule has 6 heteroatoms. The molecule has 0 spiro atoms. The summed E-state index contributed by atoms with van der Waals surface area (Å²) in [6.45, 7) is 3.12. The summed E-state index contributed by atoms with van der Waals surface area (Å²) in [6, 6.07) is 7.57. The number of carbonyl (C=O) groups is 1. The zero-order valence-corrected chi connectivity index (χ0v) is 12.7. The average molecular weight is 342 g/mol. The Morgan fingerprint density at radius 2 is 2.25 bits per heavy atom. The Labute approximate surface area is 126 Å². The Balaban J connectivity index is 1.80. The summed E-state index contributed by atoms with van der Waals surface area (Å²) >= 11 is 3.41. The number of hydrogen-bond acceptors (Lipinski definition) is 4. The molecule has 0 radical (unpaired) electrons. The van der Waals surface area contributed by atoms with Crippen molar-refractivity contribution in [2.75, 3.05) is 19.8 Å². The number of benzene rings is 1. The lowest BCUT2D eigenvalue weighted by molar-refractivity contribution is -0.122. The summed E-state index contributed by atoms with van der Waals surface area (Å²) in [7, 11) is 0. The molecule has 0 saturated heterocycles. The van der Waals surface area contributed by atoms with E-state index in [1.54, 1.807) is 0 Å². The molecule has 1 aromatic rings. The van der Waals surface area contributed by atoms with Gasteiger partial charge in [-0.25, -0.2) is 0 Å². The van der Waals surface area contributed by atoms with Gasteiger partial charge in [0.2, 0.25) is 5.76 Å². The highest BCUT2D eigenvalue weighted by molar-refractivity contribution is 9.10. The van der Waals surface area contributed by atoms with Crippen LogP contribution in [0, 0.1) is 0 Å². The van der Waals surface area contributed by atoms with Crippen LogP contribution in [0.25, 0.3) is 0 Å². The lowest BCUT2D eigenvalue weighted by atomic mass is 10.3. The fourth-order valence-electron chi connectivity index (χ4n) is 1.61. The van der Waals surface area contributed by atoms with Crippen molar-refractivity contribution < 1.29 is 19.0 Å². The molecule has 1 N–H and O–H groups in total. The van der Waals surface area contributed by atoms with E-state index < -0.39 is 0 Å². The molecular weight excluding hydrogens is 326 g/mol. The molecule has 1 aromatic carbocycles. The van der Waals surface area contributed by atoms with E-state index in [2.05, 4.69) is 21.2 Å². The quantitative estimate of drug-likeness (QED) is 0.892. The van der Waals surface area contributed by atoms with Crippen LogP contribution in [0.5, 0.6) is 5.75 Å². The van der Waals surface area contributed by atoms with Crippen molar-refractivity contribution in [2.45, 2.75) is 13.0 Å². The Morgan fingerprint density at radius 1 is 1.45 bits per heavy atom. The molecule has 0 aromatic heterocycles. The summed E-state index contributed by atoms with van der Waals surface area (Å²) in [4.78, 5) is 11.8. The summed E-state index contributed by atoms with van der Waals surface area (Å²) in [5.41, 5.74) is 0. The Morgan fingerprint density at radius 3 is 2.95 bits per heavy atom. The molecule has 1 atom stereocenters. The molecule has 0 fully saturated rings. The first kappa shape index (κ1) is 14.7. The molecule has 5 nitrogen and oxygen atoms in total. The number of amides is 1. The highest BCUT2D eigenvalue weighted by atomic mass is 79.9. The minimum Gasteiger partial charge on any atom is -0.494 e. The van der Waals surface area contributed by atoms with Crippen molar-refractivity contribution in [2.24, 2.45) is 0 Å². The van der Waals surface area contributed by atoms with Crippen LogP contribution in [-0.4, -0.2) is 31.8 Å². The lowest BCUT2D eigenvalue weighted by Gasteiger charge is -2.18. The van der Waals surface area contributed by atoms with Crippen LogP contribution in [0.1, 0.15) is 6.92 Å². The van der Waals surface area contributed by atoms with E-state index >= 15 is 0 Å². The second kappa shape index (κ2) is 7.19. The van der Waals surface area contributed by atoms with E-state index in [-0.39, 0.29) is 17.8 Å². The second-order valence-electron chi connectivity index (χ2n) is 4.27. The first-order chi connectivity index (χ1) is 9.66. The minimum atomic E-state index is -0.299. The third-order valence-corrected chi connectivity index (χ3v) is 3.24. The number of para-hydroxylation sites is 1. The Bertz CT molecular complexity index is 504. The van der Waals surface area contributed by atoms with Gasteiger partial charge in [0, 0.05) is 0 Å². The SMILES string of the molecule is CC(CNC(=O)C1=COCCO1)Oc1ccccc1Br. The molecule has 0 saturated carbocycles. The number of halogens is 1. The van der Waals surface area contributed by atoms with Crippen LogP contribution in [0.15, 0.2) is 40.8 Å². The van der Waals surface area contributed by atoms with Crippen molar-refractivity contribution in [3.63, 3.8) is 0 Å². The minimum absolute atomic E-state index is 0.164. The molecule has 1 aliphatic heterocycles. The monoisotopic (exact) mass is 341 g/mol. The number of carbonyl (C=O) groups excluding carboxylic acids is 1. The van der Waals surface area contributed by atoms with Gasteiger partial charge in [-0.15, -0.1) is 0 Å². The molecular formula is C14H16BrNO4. The van der Waals surface area contributed by atoms with Gasteiger partial charge in [0.05, 0.1) is 11.0 Å². The molecule has 0 aliphatic carbocycles. The maximum absolute atomic E-state index is 11.8. The normalized spacial score (nSPS) is 15.4. The molecule has 1 amide bonds. The largest absolute Gasteiger partial charge is 0.494 e. The van der Waals surface area contributed by atoms with Gasteiger partial charge in [-0.1, -0.05) is 12.1 Å². The van der Waals surface area contributed by atoms with Gasteiger partial charge in [-0.3, -0.25) is 4.79 Å². The maximum Gasteiger partial charge on any atom is 0.289 e. The van der Waals surface area contributed by atoms with Gasteiger partial charge in [0.15, 0.2) is 0 Å². The van der Waals surface area contributed by atoms with Crippen LogP contribution >= 0.6 is 15.9 Å². The van der Waals surface area contributed by atoms with E-state index in [0.717, 1.165) is 10.2 Å². The van der Waals surface area contributed by atoms with Crippen LogP contribution < -0.4 is 10.1 Å². The molecule has 20 heavy (non-hydrogen) atoms. The van der Waals surface area contributed by atoms with Crippen LogP contribution in [0.2, 0.25) is 0 Å². The predicted octanol–water partition coefficient (Wildman–Crippen LogP) is 2.22. The lowest BCUT2D eigenvalue weighted by Crippen LogP contribution is -2.35. The molecule has 1 aliphatic rings. The van der Waals surface area contributed by atoms with Gasteiger partial charge in [0.25, 0.3) is 5.91 Å². The van der Waals surface area contributed by atoms with Crippen molar-refractivity contribution >= 4 is 21.8 Å². The molecule has 1 unspecified atom stereocenters. The topological polar surface area (TPSA) is 56.8 Å². The van der Waals surface area contributed by atoms with Gasteiger partial charge >= 0.3 is 0 Å². The van der Waals surface area contributed by atoms with Crippen molar-refractivity contribution in [3.05, 3.63) is 40.8 Å². The number of ether oxygens (including phenoxy) is 3. The van der Waals surface area contributed by atoms with Crippen LogP contribution in [0.3, 0.4) is 0 Å². The van der Waals surface area contributed by atoms with Crippen molar-refractivity contribution in [3.8, 4) is 5.75 Å². The summed E-state index contributed by atoms with van der Waals surface area (Å²) in [5, 5.41) is 2.74. The van der Waals surface area contributed by atoms with Gasteiger partial charge < -0.3 is 19.5 Å². The fourth-order valence-corrected chi connectivity index (χ4v) is 1.99. The van der Waals surface area contributed by atoms with Crippen molar-refractivity contribution in [1.29, 1.82) is 0 Å². The maximum atomic E-state index is 11.8. The fraction of sp³-hybridized carbons (Fsp3) is 0.357. The Hall–Kier alpha value is -1.69. The van der Waals surface area contributed by atoms with Gasteiger partial charge in [-0.05, 0) is 35.0 Å². The first-order valence-electron chi connectivity index (χ1n) is 6.31. The third kappa shape index (κ3) is 4.16. The zero-order valence-electron chi connectivity index (χ0n) is 11.1. The van der Waals surface area contributed by atoms with Gasteiger partial charge in [-0.2, -0.15) is 0 Å². The highest BCUT2D eigenvalue weighted by Gasteiger charge is 2.16. The zero-order chi connectivity index (χ0) is 14.4. The summed E-state index contributed by atoms with van der Waals surface area (Å²) < 4.78 is 16.8. The Kier molecular flexibility index (Phi) is 5.29. The smallest absolute Gasteiger partial charge is 0.289 e. The standard InChI is InChI=1S/C14H16BrNO4/c1-10(20-12-5-3-2-4-11(12)15)8-16-14(17)13-9-18-6-7-19-13/h2-5,9-10H,6-8H2,1H3,(H,16,17). The average Bonchev–Trinajstić information content (AvgIpc) is 2.48. The molecule has 108 valence electrons. The molecule has 0 bridgehead atoms. The second-order valence-corrected chi connectivity index (χ2v) is 5.12. The highest BCUT2D eigenvalue weighted by Crippen LogP contribution is 2.24. The van der Waals surface area contributed by atoms with E-state index in [9.17, 15) is 4.79 Å². The molecule has 1 heterocycles. The van der Waals surface area contributed by atoms with E-state index in [1.165, 1.54) is 6.26 Å². The van der Waals surface area contributed by atoms with Gasteiger partial charge in [0.1, 0.15) is 31.3 Å². The summed E-state index contributed by atoms with van der Waals surface area (Å²) in [5.74, 6) is 0.641. The first-order valence-corrected chi connectivity index (χ1v) is 7.10. The number of rotatable bonds is 5. The third-order valence-electron chi connectivity index (χ3n) is 2.59. The van der Waals surface area contributed by atoms with Crippen LogP contribution in [-0.2, 0) is 14.3 Å². The van der Waals surface area contributed by atoms with E-state index in [1.807, 2.05) is 31.2 Å². The van der Waals surface area contributed by atoms with E-state index in [0.29, 0.717) is 19.8 Å². The van der Waals surface area contributed by atoms with Crippen LogP contribution in [0.4, 0.5) is 0 Å². The van der Waals surface area contributed by atoms with E-state index in [4.69, 9.17) is 14.2 Å². The molecule has 2 rings (SSSR count). The van der Waals surface area contributed by atoms with Crippen molar-refractivity contribution in [1.82, 2.24) is 5.32 Å².